The highest BCUT2D eigenvalue weighted by Gasteiger charge is 2.25. The van der Waals surface area contributed by atoms with Gasteiger partial charge in [-0.2, -0.15) is 0 Å². The molecule has 0 aromatic heterocycles. The Morgan fingerprint density at radius 2 is 1.62 bits per heavy atom. The smallest absolute Gasteiger partial charge is 0.227 e. The average molecular weight is 394 g/mol. The molecule has 2 aromatic carbocycles. The van der Waals surface area contributed by atoms with Crippen molar-refractivity contribution in [1.29, 1.82) is 0 Å². The molecule has 2 aromatic rings. The lowest BCUT2D eigenvalue weighted by atomic mass is 10.0. The second-order valence-electron chi connectivity index (χ2n) is 7.84. The lowest BCUT2D eigenvalue weighted by Gasteiger charge is -2.32. The Labute approximate surface area is 173 Å². The van der Waals surface area contributed by atoms with Gasteiger partial charge in [0.05, 0.1) is 12.5 Å². The van der Waals surface area contributed by atoms with E-state index in [2.05, 4.69) is 22.3 Å². The normalized spacial score (nSPS) is 15.1. The van der Waals surface area contributed by atoms with Crippen LogP contribution in [-0.2, 0) is 22.6 Å². The standard InChI is InChI=1S/C24H31N3O2/c1-19(28)25-17-21-12-10-20(11-13-21)16-24(29)26(2)23(18-27-14-6-7-15-27)22-8-4-3-5-9-22/h3-5,8-13,23H,6-7,14-18H2,1-2H3,(H,25,28). The number of benzene rings is 2. The highest BCUT2D eigenvalue weighted by atomic mass is 16.2. The van der Waals surface area contributed by atoms with Crippen molar-refractivity contribution < 1.29 is 9.59 Å². The molecular formula is C24H31N3O2. The fourth-order valence-corrected chi connectivity index (χ4v) is 3.81. The minimum absolute atomic E-state index is 0.0455. The second kappa shape index (κ2) is 10.2. The van der Waals surface area contributed by atoms with E-state index < -0.39 is 0 Å². The summed E-state index contributed by atoms with van der Waals surface area (Å²) < 4.78 is 0. The van der Waals surface area contributed by atoms with Crippen LogP contribution in [0.25, 0.3) is 0 Å². The molecule has 3 rings (SSSR count). The van der Waals surface area contributed by atoms with E-state index >= 15 is 0 Å². The molecule has 154 valence electrons. The van der Waals surface area contributed by atoms with Crippen LogP contribution in [0, 0.1) is 0 Å². The first-order valence-electron chi connectivity index (χ1n) is 10.4. The number of rotatable bonds is 8. The summed E-state index contributed by atoms with van der Waals surface area (Å²) in [5.74, 6) is 0.0727. The van der Waals surface area contributed by atoms with Crippen LogP contribution in [0.5, 0.6) is 0 Å². The molecule has 2 amide bonds. The Balaban J connectivity index is 1.66. The largest absolute Gasteiger partial charge is 0.352 e. The van der Waals surface area contributed by atoms with Crippen molar-refractivity contribution >= 4 is 11.8 Å². The van der Waals surface area contributed by atoms with Gasteiger partial charge in [0.2, 0.25) is 11.8 Å². The van der Waals surface area contributed by atoms with Gasteiger partial charge < -0.3 is 15.1 Å². The van der Waals surface area contributed by atoms with Crippen LogP contribution in [0.15, 0.2) is 54.6 Å². The van der Waals surface area contributed by atoms with Crippen LogP contribution < -0.4 is 5.32 Å². The molecule has 1 saturated heterocycles. The van der Waals surface area contributed by atoms with Crippen molar-refractivity contribution in [3.8, 4) is 0 Å². The van der Waals surface area contributed by atoms with Gasteiger partial charge in [0.25, 0.3) is 0 Å². The maximum Gasteiger partial charge on any atom is 0.227 e. The van der Waals surface area contributed by atoms with Crippen molar-refractivity contribution in [3.63, 3.8) is 0 Å². The molecule has 1 unspecified atom stereocenters. The van der Waals surface area contributed by atoms with Crippen molar-refractivity contribution in [2.75, 3.05) is 26.7 Å². The first kappa shape index (κ1) is 21.1. The summed E-state index contributed by atoms with van der Waals surface area (Å²) >= 11 is 0. The quantitative estimate of drug-likeness (QED) is 0.750. The summed E-state index contributed by atoms with van der Waals surface area (Å²) in [6.07, 6.45) is 2.86. The molecular weight excluding hydrogens is 362 g/mol. The zero-order chi connectivity index (χ0) is 20.6. The zero-order valence-corrected chi connectivity index (χ0v) is 17.4. The molecule has 1 N–H and O–H groups in total. The van der Waals surface area contributed by atoms with E-state index in [-0.39, 0.29) is 17.9 Å². The third-order valence-corrected chi connectivity index (χ3v) is 5.59. The van der Waals surface area contributed by atoms with E-state index in [4.69, 9.17) is 0 Å². The van der Waals surface area contributed by atoms with Gasteiger partial charge in [-0.25, -0.2) is 0 Å². The summed E-state index contributed by atoms with van der Waals surface area (Å²) in [6.45, 7) is 5.12. The van der Waals surface area contributed by atoms with Crippen LogP contribution in [0.2, 0.25) is 0 Å². The highest BCUT2D eigenvalue weighted by Crippen LogP contribution is 2.23. The number of hydrogen-bond donors (Lipinski definition) is 1. The molecule has 5 nitrogen and oxygen atoms in total. The second-order valence-corrected chi connectivity index (χ2v) is 7.84. The van der Waals surface area contributed by atoms with Gasteiger partial charge >= 0.3 is 0 Å². The van der Waals surface area contributed by atoms with E-state index in [1.54, 1.807) is 0 Å². The molecule has 1 atom stereocenters. The van der Waals surface area contributed by atoms with Gasteiger partial charge in [-0.1, -0.05) is 54.6 Å². The lowest BCUT2D eigenvalue weighted by molar-refractivity contribution is -0.131. The predicted octanol–water partition coefficient (Wildman–Crippen LogP) is 3.16. The summed E-state index contributed by atoms with van der Waals surface area (Å²) in [7, 11) is 1.92. The van der Waals surface area contributed by atoms with Crippen molar-refractivity contribution in [3.05, 3.63) is 71.3 Å². The van der Waals surface area contributed by atoms with E-state index in [0.717, 1.165) is 30.8 Å². The van der Waals surface area contributed by atoms with Crippen molar-refractivity contribution in [2.45, 2.75) is 38.8 Å². The molecule has 29 heavy (non-hydrogen) atoms. The number of nitrogens with zero attached hydrogens (tertiary/aromatic N) is 2. The Bertz CT molecular complexity index is 799. The van der Waals surface area contributed by atoms with E-state index in [0.29, 0.717) is 13.0 Å². The summed E-state index contributed by atoms with van der Waals surface area (Å²) in [5.41, 5.74) is 3.20. The summed E-state index contributed by atoms with van der Waals surface area (Å²) in [5, 5.41) is 2.79. The van der Waals surface area contributed by atoms with E-state index in [1.807, 2.05) is 54.4 Å². The molecule has 1 aliphatic heterocycles. The van der Waals surface area contributed by atoms with Gasteiger partial charge in [-0.3, -0.25) is 9.59 Å². The van der Waals surface area contributed by atoms with Crippen molar-refractivity contribution in [2.24, 2.45) is 0 Å². The van der Waals surface area contributed by atoms with Crippen molar-refractivity contribution in [1.82, 2.24) is 15.1 Å². The Morgan fingerprint density at radius 1 is 1.00 bits per heavy atom. The fourth-order valence-electron chi connectivity index (χ4n) is 3.81. The van der Waals surface area contributed by atoms with Crippen LogP contribution in [0.3, 0.4) is 0 Å². The van der Waals surface area contributed by atoms with Gasteiger partial charge in [-0.05, 0) is 42.6 Å². The molecule has 0 saturated carbocycles. The van der Waals surface area contributed by atoms with Gasteiger partial charge in [0, 0.05) is 27.1 Å². The Hall–Kier alpha value is -2.66. The first-order chi connectivity index (χ1) is 14.0. The minimum atomic E-state index is -0.0455. The number of hydrogen-bond acceptors (Lipinski definition) is 3. The molecule has 0 bridgehead atoms. The minimum Gasteiger partial charge on any atom is -0.352 e. The van der Waals surface area contributed by atoms with Crippen LogP contribution in [-0.4, -0.2) is 48.3 Å². The number of nitrogens with one attached hydrogen (secondary N) is 1. The summed E-state index contributed by atoms with van der Waals surface area (Å²) in [4.78, 5) is 28.5. The summed E-state index contributed by atoms with van der Waals surface area (Å²) in [6, 6.07) is 18.3. The first-order valence-corrected chi connectivity index (χ1v) is 10.4. The third-order valence-electron chi connectivity index (χ3n) is 5.59. The molecule has 1 heterocycles. The van der Waals surface area contributed by atoms with E-state index in [9.17, 15) is 9.59 Å². The highest BCUT2D eigenvalue weighted by molar-refractivity contribution is 5.79. The van der Waals surface area contributed by atoms with Gasteiger partial charge in [0.15, 0.2) is 0 Å². The predicted molar refractivity (Wildman–Crippen MR) is 115 cm³/mol. The lowest BCUT2D eigenvalue weighted by Crippen LogP contribution is -2.39. The third kappa shape index (κ3) is 6.16. The number of amides is 2. The van der Waals surface area contributed by atoms with E-state index in [1.165, 1.54) is 25.3 Å². The molecule has 0 spiro atoms. The topological polar surface area (TPSA) is 52.7 Å². The monoisotopic (exact) mass is 393 g/mol. The molecule has 5 heteroatoms. The number of carbonyl (C=O) groups excluding carboxylic acids is 2. The SMILES string of the molecule is CC(=O)NCc1ccc(CC(=O)N(C)C(CN2CCCC2)c2ccccc2)cc1. The Morgan fingerprint density at radius 3 is 2.24 bits per heavy atom. The van der Waals surface area contributed by atoms with Crippen LogP contribution >= 0.6 is 0 Å². The number of likely N-dealkylation sites (tertiary alicyclic amines) is 1. The fraction of sp³-hybridized carbons (Fsp3) is 0.417. The van der Waals surface area contributed by atoms with Gasteiger partial charge in [0.1, 0.15) is 0 Å². The molecule has 1 fully saturated rings. The molecule has 0 radical (unpaired) electrons. The average Bonchev–Trinajstić information content (AvgIpc) is 3.25. The maximum absolute atomic E-state index is 13.1. The number of carbonyl (C=O) groups is 2. The Kier molecular flexibility index (Phi) is 7.42. The van der Waals surface area contributed by atoms with Crippen LogP contribution in [0.1, 0.15) is 42.5 Å². The molecule has 0 aliphatic carbocycles. The number of likely N-dealkylation sites (N-methyl/N-ethyl adjacent to an activating group) is 1. The van der Waals surface area contributed by atoms with Crippen LogP contribution in [0.4, 0.5) is 0 Å². The molecule has 1 aliphatic rings. The van der Waals surface area contributed by atoms with Gasteiger partial charge in [-0.15, -0.1) is 0 Å². The zero-order valence-electron chi connectivity index (χ0n) is 17.4. The maximum atomic E-state index is 13.1.